The molecule has 1 aliphatic heterocycles. The van der Waals surface area contributed by atoms with Crippen molar-refractivity contribution in [1.82, 2.24) is 15.6 Å². The van der Waals surface area contributed by atoms with E-state index >= 15 is 0 Å². The molecule has 138 valence electrons. The van der Waals surface area contributed by atoms with Gasteiger partial charge in [0.1, 0.15) is 11.6 Å². The third kappa shape index (κ3) is 5.18. The number of pyridine rings is 1. The summed E-state index contributed by atoms with van der Waals surface area (Å²) in [6.45, 7) is 6.05. The predicted molar refractivity (Wildman–Crippen MR) is 104 cm³/mol. The van der Waals surface area contributed by atoms with Crippen molar-refractivity contribution in [2.75, 3.05) is 24.5 Å². The SMILES string of the molecule is CCNC(=NCc1ccc(N2CCCC2)nc1)NCc1cccc(F)c1. The summed E-state index contributed by atoms with van der Waals surface area (Å²) < 4.78 is 13.3. The van der Waals surface area contributed by atoms with E-state index in [1.54, 1.807) is 6.07 Å². The van der Waals surface area contributed by atoms with Crippen LogP contribution in [0.2, 0.25) is 0 Å². The van der Waals surface area contributed by atoms with Crippen LogP contribution in [0.25, 0.3) is 0 Å². The topological polar surface area (TPSA) is 52.6 Å². The van der Waals surface area contributed by atoms with Crippen molar-refractivity contribution in [1.29, 1.82) is 0 Å². The predicted octanol–water partition coefficient (Wildman–Crippen LogP) is 3.08. The number of benzene rings is 1. The molecule has 0 bridgehead atoms. The van der Waals surface area contributed by atoms with Crippen molar-refractivity contribution in [3.8, 4) is 0 Å². The maximum Gasteiger partial charge on any atom is 0.191 e. The molecule has 0 saturated carbocycles. The number of aromatic nitrogens is 1. The molecule has 1 fully saturated rings. The summed E-state index contributed by atoms with van der Waals surface area (Å²) in [5.74, 6) is 1.53. The van der Waals surface area contributed by atoms with Crippen LogP contribution < -0.4 is 15.5 Å². The molecule has 2 heterocycles. The van der Waals surface area contributed by atoms with E-state index in [1.165, 1.54) is 25.0 Å². The first kappa shape index (κ1) is 18.2. The minimum Gasteiger partial charge on any atom is -0.357 e. The van der Waals surface area contributed by atoms with Crippen LogP contribution in [-0.2, 0) is 13.1 Å². The first-order chi connectivity index (χ1) is 12.7. The summed E-state index contributed by atoms with van der Waals surface area (Å²) in [5.41, 5.74) is 1.95. The van der Waals surface area contributed by atoms with Gasteiger partial charge >= 0.3 is 0 Å². The highest BCUT2D eigenvalue weighted by Crippen LogP contribution is 2.17. The lowest BCUT2D eigenvalue weighted by atomic mass is 10.2. The van der Waals surface area contributed by atoms with Gasteiger partial charge in [0.25, 0.3) is 0 Å². The smallest absolute Gasteiger partial charge is 0.191 e. The monoisotopic (exact) mass is 355 g/mol. The van der Waals surface area contributed by atoms with Gasteiger partial charge in [-0.15, -0.1) is 0 Å². The number of nitrogens with zero attached hydrogens (tertiary/aromatic N) is 3. The number of halogens is 1. The van der Waals surface area contributed by atoms with Crippen LogP contribution >= 0.6 is 0 Å². The van der Waals surface area contributed by atoms with E-state index < -0.39 is 0 Å². The summed E-state index contributed by atoms with van der Waals surface area (Å²) in [5, 5.41) is 6.44. The van der Waals surface area contributed by atoms with E-state index in [1.807, 2.05) is 19.2 Å². The van der Waals surface area contributed by atoms with Gasteiger partial charge in [-0.1, -0.05) is 18.2 Å². The number of nitrogens with one attached hydrogen (secondary N) is 2. The molecule has 5 nitrogen and oxygen atoms in total. The molecule has 0 amide bonds. The van der Waals surface area contributed by atoms with Crippen molar-refractivity contribution >= 4 is 11.8 Å². The van der Waals surface area contributed by atoms with E-state index in [0.717, 1.165) is 36.6 Å². The fraction of sp³-hybridized carbons (Fsp3) is 0.400. The van der Waals surface area contributed by atoms with Crippen molar-refractivity contribution < 1.29 is 4.39 Å². The van der Waals surface area contributed by atoms with Gasteiger partial charge in [0.05, 0.1) is 6.54 Å². The number of hydrogen-bond donors (Lipinski definition) is 2. The standard InChI is InChI=1S/C20H26FN5/c1-2-22-20(24-13-16-6-5-7-18(21)12-16)25-15-17-8-9-19(23-14-17)26-10-3-4-11-26/h5-9,12,14H,2-4,10-11,13,15H2,1H3,(H2,22,24,25). The summed E-state index contributed by atoms with van der Waals surface area (Å²) in [4.78, 5) is 11.5. The molecule has 1 aliphatic rings. The minimum absolute atomic E-state index is 0.226. The first-order valence-electron chi connectivity index (χ1n) is 9.21. The van der Waals surface area contributed by atoms with Crippen molar-refractivity contribution in [3.05, 3.63) is 59.5 Å². The summed E-state index contributed by atoms with van der Waals surface area (Å²) >= 11 is 0. The molecule has 3 rings (SSSR count). The van der Waals surface area contributed by atoms with Gasteiger partial charge in [0.15, 0.2) is 5.96 Å². The van der Waals surface area contributed by atoms with Gasteiger partial charge in [-0.2, -0.15) is 0 Å². The zero-order valence-electron chi connectivity index (χ0n) is 15.2. The van der Waals surface area contributed by atoms with Crippen LogP contribution in [0.4, 0.5) is 10.2 Å². The summed E-state index contributed by atoms with van der Waals surface area (Å²) in [6.07, 6.45) is 4.39. The quantitative estimate of drug-likeness (QED) is 0.618. The van der Waals surface area contributed by atoms with Gasteiger partial charge in [-0.25, -0.2) is 14.4 Å². The van der Waals surface area contributed by atoms with Crippen LogP contribution in [0.5, 0.6) is 0 Å². The minimum atomic E-state index is -0.226. The molecular formula is C20H26FN5. The lowest BCUT2D eigenvalue weighted by Gasteiger charge is -2.16. The molecule has 0 spiro atoms. The van der Waals surface area contributed by atoms with Gasteiger partial charge in [-0.3, -0.25) is 0 Å². The van der Waals surface area contributed by atoms with Gasteiger partial charge in [0, 0.05) is 32.4 Å². The van der Waals surface area contributed by atoms with Crippen molar-refractivity contribution in [3.63, 3.8) is 0 Å². The lowest BCUT2D eigenvalue weighted by molar-refractivity contribution is 0.624. The fourth-order valence-electron chi connectivity index (χ4n) is 2.99. The average Bonchev–Trinajstić information content (AvgIpc) is 3.19. The highest BCUT2D eigenvalue weighted by atomic mass is 19.1. The Bertz CT molecular complexity index is 723. The molecular weight excluding hydrogens is 329 g/mol. The summed E-state index contributed by atoms with van der Waals surface area (Å²) in [7, 11) is 0. The molecule has 1 saturated heterocycles. The molecule has 26 heavy (non-hydrogen) atoms. The molecule has 6 heteroatoms. The highest BCUT2D eigenvalue weighted by molar-refractivity contribution is 5.79. The normalized spacial score (nSPS) is 14.5. The Balaban J connectivity index is 1.57. The third-order valence-electron chi connectivity index (χ3n) is 4.35. The maximum absolute atomic E-state index is 13.3. The van der Waals surface area contributed by atoms with Crippen LogP contribution in [0.1, 0.15) is 30.9 Å². The lowest BCUT2D eigenvalue weighted by Crippen LogP contribution is -2.36. The molecule has 1 aromatic heterocycles. The fourth-order valence-corrected chi connectivity index (χ4v) is 2.99. The number of aliphatic imine (C=N–C) groups is 1. The Morgan fingerprint density at radius 1 is 1.15 bits per heavy atom. The highest BCUT2D eigenvalue weighted by Gasteiger charge is 2.12. The molecule has 2 aromatic rings. The first-order valence-corrected chi connectivity index (χ1v) is 9.21. The van der Waals surface area contributed by atoms with Gasteiger partial charge in [0.2, 0.25) is 0 Å². The van der Waals surface area contributed by atoms with Crippen molar-refractivity contribution in [2.45, 2.75) is 32.9 Å². The molecule has 0 radical (unpaired) electrons. The number of guanidine groups is 1. The van der Waals surface area contributed by atoms with E-state index in [4.69, 9.17) is 0 Å². The van der Waals surface area contributed by atoms with E-state index in [2.05, 4.69) is 37.6 Å². The molecule has 1 aromatic carbocycles. The van der Waals surface area contributed by atoms with Gasteiger partial charge < -0.3 is 15.5 Å². The van der Waals surface area contributed by atoms with E-state index in [-0.39, 0.29) is 5.82 Å². The zero-order chi connectivity index (χ0) is 18.2. The largest absolute Gasteiger partial charge is 0.357 e. The zero-order valence-corrected chi connectivity index (χ0v) is 15.2. The molecule has 0 unspecified atom stereocenters. The Hall–Kier alpha value is -2.63. The Morgan fingerprint density at radius 2 is 2.00 bits per heavy atom. The Kier molecular flexibility index (Phi) is 6.41. The second-order valence-corrected chi connectivity index (χ2v) is 6.40. The number of anilines is 1. The Morgan fingerprint density at radius 3 is 2.69 bits per heavy atom. The molecule has 0 aliphatic carbocycles. The molecule has 2 N–H and O–H groups in total. The number of rotatable bonds is 6. The van der Waals surface area contributed by atoms with Gasteiger partial charge in [-0.05, 0) is 49.1 Å². The third-order valence-corrected chi connectivity index (χ3v) is 4.35. The summed E-state index contributed by atoms with van der Waals surface area (Å²) in [6, 6.07) is 10.7. The van der Waals surface area contributed by atoms with Crippen LogP contribution in [-0.4, -0.2) is 30.6 Å². The van der Waals surface area contributed by atoms with Crippen LogP contribution in [0.3, 0.4) is 0 Å². The second kappa shape index (κ2) is 9.17. The van der Waals surface area contributed by atoms with Crippen LogP contribution in [0, 0.1) is 5.82 Å². The van der Waals surface area contributed by atoms with Crippen molar-refractivity contribution in [2.24, 2.45) is 4.99 Å². The van der Waals surface area contributed by atoms with Crippen LogP contribution in [0.15, 0.2) is 47.6 Å². The number of hydrogen-bond acceptors (Lipinski definition) is 3. The maximum atomic E-state index is 13.3. The van der Waals surface area contributed by atoms with E-state index in [0.29, 0.717) is 19.0 Å². The van der Waals surface area contributed by atoms with E-state index in [9.17, 15) is 4.39 Å². The molecule has 0 atom stereocenters. The average molecular weight is 355 g/mol. The second-order valence-electron chi connectivity index (χ2n) is 6.40. The Labute approximate surface area is 154 Å².